The minimum absolute atomic E-state index is 0.943. The van der Waals surface area contributed by atoms with E-state index < -0.39 is 0 Å². The Morgan fingerprint density at radius 1 is 1.33 bits per heavy atom. The molecule has 1 heterocycles. The Balaban J connectivity index is 2.30. The van der Waals surface area contributed by atoms with Gasteiger partial charge in [-0.3, -0.25) is 4.68 Å². The van der Waals surface area contributed by atoms with Crippen LogP contribution in [0, 0.1) is 6.92 Å². The minimum Gasteiger partial charge on any atom is -0.311 e. The molecule has 3 nitrogen and oxygen atoms in total. The number of hydrogen-bond acceptors (Lipinski definition) is 2. The summed E-state index contributed by atoms with van der Waals surface area (Å²) in [4.78, 5) is 0. The Morgan fingerprint density at radius 3 is 2.80 bits per heavy atom. The fraction of sp³-hybridized carbons (Fsp3) is 0.750. The molecule has 0 spiro atoms. The van der Waals surface area contributed by atoms with Crippen molar-refractivity contribution in [1.82, 2.24) is 15.1 Å². The highest BCUT2D eigenvalue weighted by atomic mass is 15.3. The van der Waals surface area contributed by atoms with Crippen molar-refractivity contribution in [3.8, 4) is 0 Å². The van der Waals surface area contributed by atoms with Crippen LogP contribution in [0.4, 0.5) is 0 Å². The van der Waals surface area contributed by atoms with Crippen molar-refractivity contribution in [3.63, 3.8) is 0 Å². The zero-order valence-electron chi connectivity index (χ0n) is 10.2. The summed E-state index contributed by atoms with van der Waals surface area (Å²) in [6.07, 6.45) is 3.88. The van der Waals surface area contributed by atoms with Crippen molar-refractivity contribution >= 4 is 0 Å². The van der Waals surface area contributed by atoms with Crippen LogP contribution in [0.5, 0.6) is 0 Å². The summed E-state index contributed by atoms with van der Waals surface area (Å²) >= 11 is 0. The van der Waals surface area contributed by atoms with Gasteiger partial charge in [-0.05, 0) is 32.9 Å². The summed E-state index contributed by atoms with van der Waals surface area (Å²) in [5, 5.41) is 7.88. The van der Waals surface area contributed by atoms with E-state index >= 15 is 0 Å². The van der Waals surface area contributed by atoms with Crippen LogP contribution in [0.15, 0.2) is 6.07 Å². The lowest BCUT2D eigenvalue weighted by atomic mass is 10.2. The maximum atomic E-state index is 4.42. The van der Waals surface area contributed by atoms with Crippen molar-refractivity contribution in [3.05, 3.63) is 17.5 Å². The number of nitrogens with one attached hydrogen (secondary N) is 1. The first-order valence-electron chi connectivity index (χ1n) is 6.02. The third-order valence-corrected chi connectivity index (χ3v) is 2.55. The predicted octanol–water partition coefficient (Wildman–Crippen LogP) is 2.49. The summed E-state index contributed by atoms with van der Waals surface area (Å²) in [7, 11) is 0. The van der Waals surface area contributed by atoms with Crippen molar-refractivity contribution < 1.29 is 0 Å². The quantitative estimate of drug-likeness (QED) is 0.699. The standard InChI is InChI=1S/C12H23N3/c1-4-6-7-8-13-10-12-9-11(3)14-15(12)5-2/h9,13H,4-8,10H2,1-3H3. The maximum Gasteiger partial charge on any atom is 0.0597 e. The molecule has 0 saturated heterocycles. The third-order valence-electron chi connectivity index (χ3n) is 2.55. The molecule has 0 aromatic carbocycles. The Kier molecular flexibility index (Phi) is 5.40. The molecule has 0 amide bonds. The van der Waals surface area contributed by atoms with Gasteiger partial charge in [0.25, 0.3) is 0 Å². The number of rotatable bonds is 7. The van der Waals surface area contributed by atoms with Crippen LogP contribution in [-0.4, -0.2) is 16.3 Å². The van der Waals surface area contributed by atoms with Crippen LogP contribution in [-0.2, 0) is 13.1 Å². The van der Waals surface area contributed by atoms with Crippen LogP contribution in [0.2, 0.25) is 0 Å². The highest BCUT2D eigenvalue weighted by Crippen LogP contribution is 2.03. The second kappa shape index (κ2) is 6.62. The summed E-state index contributed by atoms with van der Waals surface area (Å²) in [6.45, 7) is 9.43. The van der Waals surface area contributed by atoms with Crippen LogP contribution in [0.25, 0.3) is 0 Å². The molecule has 1 aromatic rings. The molecule has 0 atom stereocenters. The number of aryl methyl sites for hydroxylation is 2. The number of nitrogens with zero attached hydrogens (tertiary/aromatic N) is 2. The van der Waals surface area contributed by atoms with E-state index in [0.717, 1.165) is 25.3 Å². The molecule has 3 heteroatoms. The maximum absolute atomic E-state index is 4.42. The van der Waals surface area contributed by atoms with Gasteiger partial charge in [0.2, 0.25) is 0 Å². The summed E-state index contributed by atoms with van der Waals surface area (Å²) in [5.74, 6) is 0. The zero-order chi connectivity index (χ0) is 11.1. The Labute approximate surface area is 92.9 Å². The van der Waals surface area contributed by atoms with Gasteiger partial charge in [0.1, 0.15) is 0 Å². The van der Waals surface area contributed by atoms with E-state index in [1.165, 1.54) is 25.0 Å². The van der Waals surface area contributed by atoms with Gasteiger partial charge in [-0.1, -0.05) is 19.8 Å². The molecule has 86 valence electrons. The molecule has 0 unspecified atom stereocenters. The van der Waals surface area contributed by atoms with E-state index in [2.05, 4.69) is 35.0 Å². The van der Waals surface area contributed by atoms with Gasteiger partial charge < -0.3 is 5.32 Å². The fourth-order valence-electron chi connectivity index (χ4n) is 1.73. The number of hydrogen-bond donors (Lipinski definition) is 1. The molecular formula is C12H23N3. The highest BCUT2D eigenvalue weighted by Gasteiger charge is 2.02. The second-order valence-corrected chi connectivity index (χ2v) is 3.98. The molecule has 0 fully saturated rings. The third kappa shape index (κ3) is 4.04. The largest absolute Gasteiger partial charge is 0.311 e. The number of unbranched alkanes of at least 4 members (excludes halogenated alkanes) is 2. The van der Waals surface area contributed by atoms with E-state index in [9.17, 15) is 0 Å². The van der Waals surface area contributed by atoms with E-state index in [4.69, 9.17) is 0 Å². The molecule has 1 rings (SSSR count). The van der Waals surface area contributed by atoms with Crippen molar-refractivity contribution in [2.75, 3.05) is 6.54 Å². The Bertz CT molecular complexity index is 278. The summed E-state index contributed by atoms with van der Waals surface area (Å²) in [5.41, 5.74) is 2.41. The highest BCUT2D eigenvalue weighted by molar-refractivity contribution is 5.08. The van der Waals surface area contributed by atoms with Crippen molar-refractivity contribution in [1.29, 1.82) is 0 Å². The minimum atomic E-state index is 0.943. The molecular weight excluding hydrogens is 186 g/mol. The average Bonchev–Trinajstić information content (AvgIpc) is 2.59. The van der Waals surface area contributed by atoms with Crippen LogP contribution in [0.3, 0.4) is 0 Å². The first-order valence-corrected chi connectivity index (χ1v) is 6.02. The van der Waals surface area contributed by atoms with Crippen LogP contribution in [0.1, 0.15) is 44.5 Å². The predicted molar refractivity (Wildman–Crippen MR) is 63.9 cm³/mol. The fourth-order valence-corrected chi connectivity index (χ4v) is 1.73. The van der Waals surface area contributed by atoms with E-state index in [-0.39, 0.29) is 0 Å². The average molecular weight is 209 g/mol. The lowest BCUT2D eigenvalue weighted by Gasteiger charge is -2.06. The molecule has 0 aliphatic heterocycles. The monoisotopic (exact) mass is 209 g/mol. The first-order chi connectivity index (χ1) is 7.27. The second-order valence-electron chi connectivity index (χ2n) is 3.98. The van der Waals surface area contributed by atoms with Gasteiger partial charge in [-0.25, -0.2) is 0 Å². The summed E-state index contributed by atoms with van der Waals surface area (Å²) in [6, 6.07) is 2.16. The molecule has 0 saturated carbocycles. The molecule has 1 aromatic heterocycles. The first kappa shape index (κ1) is 12.2. The van der Waals surface area contributed by atoms with E-state index in [1.807, 2.05) is 6.92 Å². The van der Waals surface area contributed by atoms with Crippen LogP contribution < -0.4 is 5.32 Å². The molecule has 0 bridgehead atoms. The van der Waals surface area contributed by atoms with Gasteiger partial charge >= 0.3 is 0 Å². The molecule has 0 aliphatic rings. The van der Waals surface area contributed by atoms with Crippen LogP contribution >= 0.6 is 0 Å². The van der Waals surface area contributed by atoms with Gasteiger partial charge in [-0.15, -0.1) is 0 Å². The van der Waals surface area contributed by atoms with Gasteiger partial charge in [0.05, 0.1) is 11.4 Å². The van der Waals surface area contributed by atoms with Gasteiger partial charge in [0.15, 0.2) is 0 Å². The normalized spacial score (nSPS) is 10.9. The molecule has 0 aliphatic carbocycles. The number of aromatic nitrogens is 2. The SMILES string of the molecule is CCCCCNCc1cc(C)nn1CC. The van der Waals surface area contributed by atoms with Crippen molar-refractivity contribution in [2.24, 2.45) is 0 Å². The van der Waals surface area contributed by atoms with E-state index in [1.54, 1.807) is 0 Å². The smallest absolute Gasteiger partial charge is 0.0597 e. The zero-order valence-corrected chi connectivity index (χ0v) is 10.2. The Hall–Kier alpha value is -0.830. The van der Waals surface area contributed by atoms with Gasteiger partial charge in [0, 0.05) is 13.1 Å². The van der Waals surface area contributed by atoms with E-state index in [0.29, 0.717) is 0 Å². The molecule has 0 radical (unpaired) electrons. The Morgan fingerprint density at radius 2 is 2.13 bits per heavy atom. The lowest BCUT2D eigenvalue weighted by molar-refractivity contribution is 0.562. The summed E-state index contributed by atoms with van der Waals surface area (Å²) < 4.78 is 2.07. The van der Waals surface area contributed by atoms with Gasteiger partial charge in [-0.2, -0.15) is 5.10 Å². The van der Waals surface area contributed by atoms with Crippen molar-refractivity contribution in [2.45, 2.75) is 53.1 Å². The topological polar surface area (TPSA) is 29.9 Å². The lowest BCUT2D eigenvalue weighted by Crippen LogP contribution is -2.17. The molecule has 1 N–H and O–H groups in total. The molecule has 15 heavy (non-hydrogen) atoms.